The van der Waals surface area contributed by atoms with Crippen LogP contribution in [0.4, 0.5) is 18.9 Å². The summed E-state index contributed by atoms with van der Waals surface area (Å²) >= 11 is -0.163. The SMILES string of the molecule is O=C1NC(c2ccc(SC(F)(F)F)cc2)Nc2ccccc21. The van der Waals surface area contributed by atoms with E-state index in [9.17, 15) is 18.0 Å². The second kappa shape index (κ2) is 5.57. The van der Waals surface area contributed by atoms with Gasteiger partial charge in [-0.15, -0.1) is 0 Å². The Morgan fingerprint density at radius 2 is 1.64 bits per heavy atom. The Bertz CT molecular complexity index is 701. The van der Waals surface area contributed by atoms with Gasteiger partial charge in [0, 0.05) is 10.6 Å². The molecule has 1 aliphatic rings. The van der Waals surface area contributed by atoms with Crippen LogP contribution in [-0.4, -0.2) is 11.4 Å². The molecule has 1 amide bonds. The molecule has 114 valence electrons. The van der Waals surface area contributed by atoms with Gasteiger partial charge in [-0.3, -0.25) is 4.79 Å². The van der Waals surface area contributed by atoms with Crippen molar-refractivity contribution in [1.29, 1.82) is 0 Å². The van der Waals surface area contributed by atoms with Gasteiger partial charge in [0.15, 0.2) is 0 Å². The Balaban J connectivity index is 1.80. The molecule has 0 fully saturated rings. The summed E-state index contributed by atoms with van der Waals surface area (Å²) in [5.74, 6) is -0.215. The first-order valence-electron chi connectivity index (χ1n) is 6.44. The van der Waals surface area contributed by atoms with Crippen molar-refractivity contribution in [3.05, 3.63) is 59.7 Å². The van der Waals surface area contributed by atoms with Crippen LogP contribution in [0.25, 0.3) is 0 Å². The number of nitrogens with one attached hydrogen (secondary N) is 2. The molecule has 0 aliphatic carbocycles. The average Bonchev–Trinajstić information content (AvgIpc) is 2.46. The lowest BCUT2D eigenvalue weighted by molar-refractivity contribution is -0.0328. The Labute approximate surface area is 128 Å². The monoisotopic (exact) mass is 324 g/mol. The van der Waals surface area contributed by atoms with Gasteiger partial charge in [0.05, 0.1) is 5.56 Å². The number of thioether (sulfide) groups is 1. The first-order chi connectivity index (χ1) is 10.4. The van der Waals surface area contributed by atoms with Crippen LogP contribution in [0, 0.1) is 0 Å². The first-order valence-corrected chi connectivity index (χ1v) is 7.26. The third kappa shape index (κ3) is 3.19. The van der Waals surface area contributed by atoms with Gasteiger partial charge in [-0.05, 0) is 41.6 Å². The number of hydrogen-bond donors (Lipinski definition) is 2. The van der Waals surface area contributed by atoms with Crippen molar-refractivity contribution in [3.63, 3.8) is 0 Å². The number of amides is 1. The molecule has 0 aromatic heterocycles. The number of alkyl halides is 3. The summed E-state index contributed by atoms with van der Waals surface area (Å²) in [5.41, 5.74) is -2.38. The topological polar surface area (TPSA) is 41.1 Å². The van der Waals surface area contributed by atoms with E-state index in [1.54, 1.807) is 30.3 Å². The lowest BCUT2D eigenvalue weighted by Gasteiger charge is -2.28. The van der Waals surface area contributed by atoms with E-state index < -0.39 is 11.7 Å². The molecule has 1 aliphatic heterocycles. The zero-order valence-electron chi connectivity index (χ0n) is 11.1. The first kappa shape index (κ1) is 14.8. The quantitative estimate of drug-likeness (QED) is 0.815. The molecule has 1 heterocycles. The van der Waals surface area contributed by atoms with Crippen LogP contribution in [0.3, 0.4) is 0 Å². The molecule has 3 nitrogen and oxygen atoms in total. The highest BCUT2D eigenvalue weighted by molar-refractivity contribution is 8.00. The van der Waals surface area contributed by atoms with Crippen molar-refractivity contribution in [2.45, 2.75) is 16.6 Å². The average molecular weight is 324 g/mol. The van der Waals surface area contributed by atoms with E-state index in [-0.39, 0.29) is 22.6 Å². The third-order valence-electron chi connectivity index (χ3n) is 3.19. The fourth-order valence-corrected chi connectivity index (χ4v) is 2.78. The maximum Gasteiger partial charge on any atom is 0.446 e. The van der Waals surface area contributed by atoms with Crippen LogP contribution < -0.4 is 10.6 Å². The second-order valence-corrected chi connectivity index (χ2v) is 5.85. The van der Waals surface area contributed by atoms with E-state index >= 15 is 0 Å². The highest BCUT2D eigenvalue weighted by Gasteiger charge is 2.29. The minimum atomic E-state index is -4.31. The molecule has 1 atom stereocenters. The predicted molar refractivity (Wildman–Crippen MR) is 78.6 cm³/mol. The number of halogens is 3. The number of hydrogen-bond acceptors (Lipinski definition) is 3. The maximum atomic E-state index is 12.3. The van der Waals surface area contributed by atoms with Crippen LogP contribution in [0.1, 0.15) is 22.1 Å². The van der Waals surface area contributed by atoms with Crippen molar-refractivity contribution in [1.82, 2.24) is 5.32 Å². The highest BCUT2D eigenvalue weighted by Crippen LogP contribution is 2.37. The van der Waals surface area contributed by atoms with Crippen LogP contribution in [0.15, 0.2) is 53.4 Å². The molecule has 0 radical (unpaired) electrons. The number of anilines is 1. The molecule has 0 spiro atoms. The molecule has 22 heavy (non-hydrogen) atoms. The minimum absolute atomic E-state index is 0.110. The predicted octanol–water partition coefficient (Wildman–Crippen LogP) is 4.15. The number of fused-ring (bicyclic) bond motifs is 1. The fourth-order valence-electron chi connectivity index (χ4n) is 2.24. The van der Waals surface area contributed by atoms with Crippen molar-refractivity contribution in [2.24, 2.45) is 0 Å². The van der Waals surface area contributed by atoms with Crippen LogP contribution in [0.5, 0.6) is 0 Å². The summed E-state index contributed by atoms with van der Waals surface area (Å²) < 4.78 is 36.9. The second-order valence-electron chi connectivity index (χ2n) is 4.71. The van der Waals surface area contributed by atoms with Gasteiger partial charge < -0.3 is 10.6 Å². The molecule has 0 saturated heterocycles. The smallest absolute Gasteiger partial charge is 0.361 e. The summed E-state index contributed by atoms with van der Waals surface area (Å²) in [7, 11) is 0. The summed E-state index contributed by atoms with van der Waals surface area (Å²) in [4.78, 5) is 12.1. The molecule has 2 aromatic carbocycles. The molecule has 0 bridgehead atoms. The minimum Gasteiger partial charge on any atom is -0.361 e. The van der Waals surface area contributed by atoms with Gasteiger partial charge in [0.1, 0.15) is 6.17 Å². The van der Waals surface area contributed by atoms with Crippen LogP contribution in [0.2, 0.25) is 0 Å². The van der Waals surface area contributed by atoms with Crippen molar-refractivity contribution < 1.29 is 18.0 Å². The van der Waals surface area contributed by atoms with E-state index in [0.717, 1.165) is 0 Å². The molecular weight excluding hydrogens is 313 g/mol. The molecule has 2 aromatic rings. The number of benzene rings is 2. The number of carbonyl (C=O) groups is 1. The maximum absolute atomic E-state index is 12.3. The number of carbonyl (C=O) groups excluding carboxylic acids is 1. The normalized spacial score (nSPS) is 17.4. The summed E-state index contributed by atoms with van der Waals surface area (Å²) in [6.07, 6.45) is -0.465. The zero-order valence-corrected chi connectivity index (χ0v) is 12.0. The van der Waals surface area contributed by atoms with Gasteiger partial charge in [0.2, 0.25) is 0 Å². The van der Waals surface area contributed by atoms with Gasteiger partial charge in [-0.1, -0.05) is 24.3 Å². The highest BCUT2D eigenvalue weighted by atomic mass is 32.2. The third-order valence-corrected chi connectivity index (χ3v) is 3.93. The number of rotatable bonds is 2. The Hall–Kier alpha value is -2.15. The van der Waals surface area contributed by atoms with Crippen LogP contribution in [-0.2, 0) is 0 Å². The van der Waals surface area contributed by atoms with Gasteiger partial charge in [-0.25, -0.2) is 0 Å². The van der Waals surface area contributed by atoms with Crippen LogP contribution >= 0.6 is 11.8 Å². The standard InChI is InChI=1S/C15H11F3N2OS/c16-15(17,18)22-10-7-5-9(6-8-10)13-19-12-4-2-1-3-11(12)14(21)20-13/h1-8,13,19H,(H,20,21). The van der Waals surface area contributed by atoms with Gasteiger partial charge in [-0.2, -0.15) is 13.2 Å². The fraction of sp³-hybridized carbons (Fsp3) is 0.133. The van der Waals surface area contributed by atoms with E-state index in [2.05, 4.69) is 10.6 Å². The molecule has 7 heteroatoms. The lowest BCUT2D eigenvalue weighted by Crippen LogP contribution is -2.38. The van der Waals surface area contributed by atoms with Crippen molar-refractivity contribution >= 4 is 23.4 Å². The van der Waals surface area contributed by atoms with E-state index in [0.29, 0.717) is 16.8 Å². The Kier molecular flexibility index (Phi) is 3.74. The van der Waals surface area contributed by atoms with Crippen molar-refractivity contribution in [2.75, 3.05) is 5.32 Å². The van der Waals surface area contributed by atoms with E-state index in [4.69, 9.17) is 0 Å². The number of para-hydroxylation sites is 1. The van der Waals surface area contributed by atoms with Gasteiger partial charge in [0.25, 0.3) is 5.91 Å². The van der Waals surface area contributed by atoms with Crippen molar-refractivity contribution in [3.8, 4) is 0 Å². The summed E-state index contributed by atoms with van der Waals surface area (Å²) in [5, 5.41) is 5.93. The molecular formula is C15H11F3N2OS. The Morgan fingerprint density at radius 1 is 0.955 bits per heavy atom. The van der Waals surface area contributed by atoms with E-state index in [1.165, 1.54) is 12.1 Å². The molecule has 1 unspecified atom stereocenters. The summed E-state index contributed by atoms with van der Waals surface area (Å²) in [6, 6.07) is 13.0. The molecule has 3 rings (SSSR count). The largest absolute Gasteiger partial charge is 0.446 e. The zero-order chi connectivity index (χ0) is 15.7. The Morgan fingerprint density at radius 3 is 2.32 bits per heavy atom. The molecule has 2 N–H and O–H groups in total. The lowest BCUT2D eigenvalue weighted by atomic mass is 10.1. The van der Waals surface area contributed by atoms with Gasteiger partial charge >= 0.3 is 5.51 Å². The summed E-state index contributed by atoms with van der Waals surface area (Å²) in [6.45, 7) is 0. The molecule has 0 saturated carbocycles. The van der Waals surface area contributed by atoms with E-state index in [1.807, 2.05) is 6.07 Å².